The molecule has 1 fully saturated rings. The maximum Gasteiger partial charge on any atom is 0.242 e. The fraction of sp³-hybridized carbons (Fsp3) is 0.750. The van der Waals surface area contributed by atoms with Crippen molar-refractivity contribution in [3.63, 3.8) is 0 Å². The highest BCUT2D eigenvalue weighted by atomic mass is 16.2. The Labute approximate surface area is 137 Å². The molecule has 0 aromatic carbocycles. The van der Waals surface area contributed by atoms with Gasteiger partial charge in [0.2, 0.25) is 11.8 Å². The number of nitrogens with zero attached hydrogens (tertiary/aromatic N) is 3. The Hall–Kier alpha value is -1.92. The van der Waals surface area contributed by atoms with E-state index in [1.54, 1.807) is 17.9 Å². The first-order valence-corrected chi connectivity index (χ1v) is 8.54. The van der Waals surface area contributed by atoms with E-state index in [9.17, 15) is 9.59 Å². The third kappa shape index (κ3) is 6.38. The second-order valence-electron chi connectivity index (χ2n) is 6.30. The van der Waals surface area contributed by atoms with Gasteiger partial charge in [0.15, 0.2) is 0 Å². The maximum absolute atomic E-state index is 12.0. The average Bonchev–Trinajstić information content (AvgIpc) is 3.05. The normalized spacial score (nSPS) is 16.7. The predicted octanol–water partition coefficient (Wildman–Crippen LogP) is 1.26. The molecule has 2 amide bonds. The Kier molecular flexibility index (Phi) is 7.03. The van der Waals surface area contributed by atoms with Crippen molar-refractivity contribution >= 4 is 11.8 Å². The van der Waals surface area contributed by atoms with Crippen molar-refractivity contribution in [2.75, 3.05) is 6.54 Å². The van der Waals surface area contributed by atoms with E-state index in [4.69, 9.17) is 0 Å². The van der Waals surface area contributed by atoms with Gasteiger partial charge in [-0.15, -0.1) is 0 Å². The van der Waals surface area contributed by atoms with E-state index in [1.165, 1.54) is 25.6 Å². The second-order valence-corrected chi connectivity index (χ2v) is 6.30. The fourth-order valence-corrected chi connectivity index (χ4v) is 2.97. The summed E-state index contributed by atoms with van der Waals surface area (Å²) in [4.78, 5) is 27.8. The van der Waals surface area contributed by atoms with Crippen LogP contribution in [-0.4, -0.2) is 39.2 Å². The molecule has 1 aromatic heterocycles. The van der Waals surface area contributed by atoms with Crippen LogP contribution in [0.4, 0.5) is 0 Å². The molecular weight excluding hydrogens is 294 g/mol. The maximum atomic E-state index is 12.0. The molecule has 1 heterocycles. The Balaban J connectivity index is 1.58. The molecule has 0 saturated heterocycles. The van der Waals surface area contributed by atoms with Gasteiger partial charge in [-0.1, -0.05) is 19.3 Å². The van der Waals surface area contributed by atoms with Crippen LogP contribution >= 0.6 is 0 Å². The van der Waals surface area contributed by atoms with Crippen molar-refractivity contribution in [1.82, 2.24) is 25.4 Å². The highest BCUT2D eigenvalue weighted by Crippen LogP contribution is 2.26. The number of hydrogen-bond donors (Lipinski definition) is 2. The summed E-state index contributed by atoms with van der Waals surface area (Å²) < 4.78 is 1.72. The minimum absolute atomic E-state index is 0.0119. The van der Waals surface area contributed by atoms with Crippen LogP contribution in [0.5, 0.6) is 0 Å². The molecule has 1 aliphatic rings. The summed E-state index contributed by atoms with van der Waals surface area (Å²) in [5, 5.41) is 9.64. The Morgan fingerprint density at radius 1 is 1.30 bits per heavy atom. The molecule has 0 radical (unpaired) electrons. The molecule has 0 aliphatic heterocycles. The molecule has 23 heavy (non-hydrogen) atoms. The molecule has 1 aromatic rings. The molecule has 7 nitrogen and oxygen atoms in total. The van der Waals surface area contributed by atoms with Crippen LogP contribution in [0, 0.1) is 5.92 Å². The largest absolute Gasteiger partial charge is 0.354 e. The van der Waals surface area contributed by atoms with Gasteiger partial charge in [-0.2, -0.15) is 5.10 Å². The fourth-order valence-electron chi connectivity index (χ4n) is 2.97. The highest BCUT2D eigenvalue weighted by molar-refractivity contribution is 5.87. The van der Waals surface area contributed by atoms with Crippen LogP contribution in [0.25, 0.3) is 0 Å². The number of aromatic nitrogens is 3. The first-order valence-electron chi connectivity index (χ1n) is 8.54. The quantitative estimate of drug-likeness (QED) is 0.706. The summed E-state index contributed by atoms with van der Waals surface area (Å²) in [7, 11) is 0. The number of hydrogen-bond acceptors (Lipinski definition) is 4. The lowest BCUT2D eigenvalue weighted by atomic mass is 9.87. The number of amides is 2. The lowest BCUT2D eigenvalue weighted by Crippen LogP contribution is -2.45. The van der Waals surface area contributed by atoms with E-state index < -0.39 is 6.04 Å². The molecule has 1 atom stereocenters. The van der Waals surface area contributed by atoms with E-state index >= 15 is 0 Å². The van der Waals surface area contributed by atoms with Crippen molar-refractivity contribution in [3.8, 4) is 0 Å². The lowest BCUT2D eigenvalue weighted by Gasteiger charge is -2.22. The minimum atomic E-state index is -0.488. The summed E-state index contributed by atoms with van der Waals surface area (Å²) in [6.45, 7) is 3.00. The number of rotatable bonds is 8. The zero-order valence-electron chi connectivity index (χ0n) is 13.8. The van der Waals surface area contributed by atoms with Gasteiger partial charge in [-0.3, -0.25) is 14.3 Å². The van der Waals surface area contributed by atoms with Gasteiger partial charge in [0, 0.05) is 19.5 Å². The Morgan fingerprint density at radius 2 is 2.09 bits per heavy atom. The first kappa shape index (κ1) is 17.4. The SMILES string of the molecule is C[C@H](NC(=O)CC1CCCCC1)C(=O)NCCCn1cncn1. The molecule has 0 unspecified atom stereocenters. The summed E-state index contributed by atoms with van der Waals surface area (Å²) >= 11 is 0. The summed E-state index contributed by atoms with van der Waals surface area (Å²) in [5.41, 5.74) is 0. The monoisotopic (exact) mass is 321 g/mol. The Morgan fingerprint density at radius 3 is 2.78 bits per heavy atom. The highest BCUT2D eigenvalue weighted by Gasteiger charge is 2.20. The Bertz CT molecular complexity index is 483. The van der Waals surface area contributed by atoms with Crippen molar-refractivity contribution in [3.05, 3.63) is 12.7 Å². The first-order chi connectivity index (χ1) is 11.1. The van der Waals surface area contributed by atoms with Gasteiger partial charge in [-0.25, -0.2) is 4.98 Å². The van der Waals surface area contributed by atoms with Gasteiger partial charge >= 0.3 is 0 Å². The molecule has 0 spiro atoms. The van der Waals surface area contributed by atoms with Gasteiger partial charge < -0.3 is 10.6 Å². The molecular formula is C16H27N5O2. The van der Waals surface area contributed by atoms with E-state index in [2.05, 4.69) is 20.7 Å². The molecule has 2 rings (SSSR count). The summed E-state index contributed by atoms with van der Waals surface area (Å²) in [6, 6.07) is -0.488. The van der Waals surface area contributed by atoms with Crippen LogP contribution in [0.3, 0.4) is 0 Å². The molecule has 0 bridgehead atoms. The average molecular weight is 321 g/mol. The number of aryl methyl sites for hydroxylation is 1. The third-order valence-corrected chi connectivity index (χ3v) is 4.30. The van der Waals surface area contributed by atoms with Crippen LogP contribution in [-0.2, 0) is 16.1 Å². The predicted molar refractivity (Wildman–Crippen MR) is 86.4 cm³/mol. The van der Waals surface area contributed by atoms with Crippen LogP contribution in [0.15, 0.2) is 12.7 Å². The smallest absolute Gasteiger partial charge is 0.242 e. The van der Waals surface area contributed by atoms with Gasteiger partial charge in [0.1, 0.15) is 18.7 Å². The zero-order chi connectivity index (χ0) is 16.5. The topological polar surface area (TPSA) is 88.9 Å². The number of nitrogens with one attached hydrogen (secondary N) is 2. The van der Waals surface area contributed by atoms with E-state index in [0.29, 0.717) is 25.4 Å². The van der Waals surface area contributed by atoms with E-state index in [1.807, 2.05) is 0 Å². The van der Waals surface area contributed by atoms with Gasteiger partial charge in [-0.05, 0) is 32.1 Å². The van der Waals surface area contributed by atoms with Crippen LogP contribution in [0.2, 0.25) is 0 Å². The number of carbonyl (C=O) groups is 2. The molecule has 2 N–H and O–H groups in total. The lowest BCUT2D eigenvalue weighted by molar-refractivity contribution is -0.129. The summed E-state index contributed by atoms with van der Waals surface area (Å²) in [5.74, 6) is 0.337. The van der Waals surface area contributed by atoms with Crippen LogP contribution in [0.1, 0.15) is 51.9 Å². The van der Waals surface area contributed by atoms with Crippen molar-refractivity contribution in [2.24, 2.45) is 5.92 Å². The second kappa shape index (κ2) is 9.27. The van der Waals surface area contributed by atoms with E-state index in [-0.39, 0.29) is 11.8 Å². The van der Waals surface area contributed by atoms with E-state index in [0.717, 1.165) is 19.3 Å². The third-order valence-electron chi connectivity index (χ3n) is 4.30. The van der Waals surface area contributed by atoms with Crippen molar-refractivity contribution in [2.45, 2.75) is 64.5 Å². The van der Waals surface area contributed by atoms with Crippen molar-refractivity contribution < 1.29 is 9.59 Å². The van der Waals surface area contributed by atoms with Gasteiger partial charge in [0.25, 0.3) is 0 Å². The minimum Gasteiger partial charge on any atom is -0.354 e. The molecule has 1 aliphatic carbocycles. The molecule has 7 heteroatoms. The summed E-state index contributed by atoms with van der Waals surface area (Å²) in [6.07, 6.45) is 10.5. The standard InChI is InChI=1S/C16H27N5O2/c1-13(20-15(22)10-14-6-3-2-4-7-14)16(23)18-8-5-9-21-12-17-11-19-21/h11-14H,2-10H2,1H3,(H,18,23)(H,20,22)/t13-/m0/s1. The number of carbonyl (C=O) groups excluding carboxylic acids is 2. The zero-order valence-corrected chi connectivity index (χ0v) is 13.8. The van der Waals surface area contributed by atoms with Gasteiger partial charge in [0.05, 0.1) is 0 Å². The molecule has 128 valence electrons. The van der Waals surface area contributed by atoms with Crippen molar-refractivity contribution in [1.29, 1.82) is 0 Å². The van der Waals surface area contributed by atoms with Crippen LogP contribution < -0.4 is 10.6 Å². The molecule has 1 saturated carbocycles.